The van der Waals surface area contributed by atoms with Crippen molar-refractivity contribution in [2.45, 2.75) is 12.8 Å². The van der Waals surface area contributed by atoms with E-state index in [9.17, 15) is 4.79 Å². The fraction of sp³-hybridized carbons (Fsp3) is 0.667. The Bertz CT molecular complexity index is 207. The summed E-state index contributed by atoms with van der Waals surface area (Å²) < 4.78 is 0. The fourth-order valence-corrected chi connectivity index (χ4v) is 2.80. The van der Waals surface area contributed by atoms with E-state index in [-0.39, 0.29) is 0 Å². The van der Waals surface area contributed by atoms with Gasteiger partial charge in [-0.1, -0.05) is 12.2 Å². The van der Waals surface area contributed by atoms with Gasteiger partial charge in [-0.3, -0.25) is 4.79 Å². The summed E-state index contributed by atoms with van der Waals surface area (Å²) in [6.45, 7) is 0. The minimum Gasteiger partial charge on any atom is -0.298 e. The Hall–Kier alpha value is -0.590. The van der Waals surface area contributed by atoms with Crippen molar-refractivity contribution >= 4 is 5.78 Å². The van der Waals surface area contributed by atoms with Crippen molar-refractivity contribution in [1.29, 1.82) is 0 Å². The Labute approximate surface area is 60.1 Å². The van der Waals surface area contributed by atoms with E-state index in [0.717, 1.165) is 11.8 Å². The number of Topliss-reactive ketones (excluding diaryl/α,β-unsaturated/α-hetero) is 1. The lowest BCUT2D eigenvalue weighted by molar-refractivity contribution is -0.121. The number of hydrogen-bond acceptors (Lipinski definition) is 1. The summed E-state index contributed by atoms with van der Waals surface area (Å²) in [6, 6.07) is 0. The average Bonchev–Trinajstić information content (AvgIpc) is 2.21. The smallest absolute Gasteiger partial charge is 0.147 e. The average molecular weight is 134 g/mol. The van der Waals surface area contributed by atoms with Gasteiger partial charge >= 0.3 is 0 Å². The van der Waals surface area contributed by atoms with E-state index in [1.54, 1.807) is 0 Å². The first-order valence-electron chi connectivity index (χ1n) is 4.10. The third kappa shape index (κ3) is 0.352. The topological polar surface area (TPSA) is 17.1 Å². The van der Waals surface area contributed by atoms with E-state index in [0.29, 0.717) is 17.6 Å². The van der Waals surface area contributed by atoms with Gasteiger partial charge in [0.05, 0.1) is 0 Å². The number of rotatable bonds is 0. The van der Waals surface area contributed by atoms with Crippen molar-refractivity contribution in [1.82, 2.24) is 0 Å². The number of hydrogen-bond donors (Lipinski definition) is 0. The van der Waals surface area contributed by atoms with Crippen LogP contribution in [0.5, 0.6) is 0 Å². The number of carbonyl (C=O) groups is 1. The minimum atomic E-state index is 0.351. The first-order chi connectivity index (χ1) is 4.88. The summed E-state index contributed by atoms with van der Waals surface area (Å²) >= 11 is 0. The van der Waals surface area contributed by atoms with Gasteiger partial charge in [-0.25, -0.2) is 0 Å². The van der Waals surface area contributed by atoms with E-state index in [1.165, 1.54) is 12.8 Å². The summed E-state index contributed by atoms with van der Waals surface area (Å²) in [6.07, 6.45) is 6.88. The monoisotopic (exact) mass is 134 g/mol. The Morgan fingerprint density at radius 2 is 1.60 bits per heavy atom. The fourth-order valence-electron chi connectivity index (χ4n) is 2.80. The largest absolute Gasteiger partial charge is 0.298 e. The summed E-state index contributed by atoms with van der Waals surface area (Å²) in [4.78, 5) is 11.4. The van der Waals surface area contributed by atoms with Crippen molar-refractivity contribution < 1.29 is 4.79 Å². The maximum Gasteiger partial charge on any atom is 0.147 e. The molecular formula is C9H10O. The highest BCUT2D eigenvalue weighted by atomic mass is 16.1. The van der Waals surface area contributed by atoms with Crippen LogP contribution in [0.25, 0.3) is 0 Å². The van der Waals surface area contributed by atoms with Gasteiger partial charge in [-0.15, -0.1) is 0 Å². The molecule has 52 valence electrons. The summed E-state index contributed by atoms with van der Waals surface area (Å²) in [5, 5.41) is 0. The van der Waals surface area contributed by atoms with E-state index in [4.69, 9.17) is 0 Å². The zero-order valence-electron chi connectivity index (χ0n) is 5.79. The molecule has 0 aromatic rings. The molecule has 0 saturated heterocycles. The van der Waals surface area contributed by atoms with Gasteiger partial charge in [-0.05, 0) is 24.7 Å². The lowest BCUT2D eigenvalue weighted by atomic mass is 9.68. The highest BCUT2D eigenvalue weighted by Gasteiger charge is 2.54. The lowest BCUT2D eigenvalue weighted by Crippen LogP contribution is -2.28. The molecule has 0 aromatic heterocycles. The van der Waals surface area contributed by atoms with Crippen LogP contribution >= 0.6 is 0 Å². The zero-order chi connectivity index (χ0) is 6.72. The predicted molar refractivity (Wildman–Crippen MR) is 37.3 cm³/mol. The summed E-state index contributed by atoms with van der Waals surface area (Å²) in [7, 11) is 0. The van der Waals surface area contributed by atoms with Crippen LogP contribution in [-0.4, -0.2) is 5.78 Å². The molecule has 0 amide bonds. The van der Waals surface area contributed by atoms with Crippen LogP contribution in [0.2, 0.25) is 0 Å². The molecule has 1 heteroatoms. The molecule has 0 radical (unpaired) electrons. The van der Waals surface area contributed by atoms with Crippen molar-refractivity contribution in [3.05, 3.63) is 12.2 Å². The van der Waals surface area contributed by atoms with Gasteiger partial charge in [0.15, 0.2) is 0 Å². The molecule has 3 aliphatic carbocycles. The Morgan fingerprint density at radius 3 is 1.90 bits per heavy atom. The Morgan fingerprint density at radius 1 is 1.10 bits per heavy atom. The maximum absolute atomic E-state index is 11.4. The van der Waals surface area contributed by atoms with Gasteiger partial charge in [0.1, 0.15) is 5.78 Å². The van der Waals surface area contributed by atoms with E-state index >= 15 is 0 Å². The molecule has 0 heterocycles. The Kier molecular flexibility index (Phi) is 0.697. The van der Waals surface area contributed by atoms with Gasteiger partial charge in [-0.2, -0.15) is 0 Å². The summed E-state index contributed by atoms with van der Waals surface area (Å²) in [5.41, 5.74) is 0. The van der Waals surface area contributed by atoms with E-state index in [1.807, 2.05) is 0 Å². The van der Waals surface area contributed by atoms with E-state index < -0.39 is 0 Å². The SMILES string of the molecule is O=C1[C@H]2C=C[C@@H]1[C@@H]1CC[C@@H]12. The highest BCUT2D eigenvalue weighted by Crippen LogP contribution is 2.55. The van der Waals surface area contributed by atoms with Crippen LogP contribution in [0.4, 0.5) is 0 Å². The minimum absolute atomic E-state index is 0.351. The second kappa shape index (κ2) is 1.36. The predicted octanol–water partition coefficient (Wildman–Crippen LogP) is 1.40. The molecule has 0 aromatic carbocycles. The van der Waals surface area contributed by atoms with Crippen LogP contribution in [0.15, 0.2) is 12.2 Å². The van der Waals surface area contributed by atoms with Crippen molar-refractivity contribution in [3.63, 3.8) is 0 Å². The van der Waals surface area contributed by atoms with Crippen LogP contribution < -0.4 is 0 Å². The molecule has 2 fully saturated rings. The highest BCUT2D eigenvalue weighted by molar-refractivity contribution is 5.92. The molecule has 0 aliphatic heterocycles. The van der Waals surface area contributed by atoms with Gasteiger partial charge in [0.2, 0.25) is 0 Å². The molecule has 3 aliphatic rings. The molecule has 2 bridgehead atoms. The van der Waals surface area contributed by atoms with Crippen LogP contribution in [-0.2, 0) is 4.79 Å². The molecule has 0 spiro atoms. The van der Waals surface area contributed by atoms with Gasteiger partial charge < -0.3 is 0 Å². The second-order valence-corrected chi connectivity index (χ2v) is 3.74. The first kappa shape index (κ1) is 5.11. The number of ketones is 1. The Balaban J connectivity index is 2.10. The number of carbonyl (C=O) groups excluding carboxylic acids is 1. The lowest BCUT2D eigenvalue weighted by Gasteiger charge is -2.36. The van der Waals surface area contributed by atoms with Crippen molar-refractivity contribution in [3.8, 4) is 0 Å². The molecule has 10 heavy (non-hydrogen) atoms. The molecule has 4 atom stereocenters. The van der Waals surface area contributed by atoms with E-state index in [2.05, 4.69) is 12.2 Å². The summed E-state index contributed by atoms with van der Waals surface area (Å²) in [5.74, 6) is 2.75. The number of allylic oxidation sites excluding steroid dienone is 2. The standard InChI is InChI=1S/C9H10O/c10-9-7-3-4-8(9)6-2-1-5(6)7/h3-8H,1-2H2/t5-,6+,7-,8+. The van der Waals surface area contributed by atoms with Gasteiger partial charge in [0.25, 0.3) is 0 Å². The molecule has 0 N–H and O–H groups in total. The van der Waals surface area contributed by atoms with Crippen LogP contribution in [0, 0.1) is 23.7 Å². The number of fused-ring (bicyclic) bond motifs is 5. The molecule has 0 unspecified atom stereocenters. The molecular weight excluding hydrogens is 124 g/mol. The third-order valence-electron chi connectivity index (χ3n) is 3.49. The van der Waals surface area contributed by atoms with Gasteiger partial charge in [0, 0.05) is 11.8 Å². The van der Waals surface area contributed by atoms with Crippen molar-refractivity contribution in [2.75, 3.05) is 0 Å². The molecule has 1 nitrogen and oxygen atoms in total. The van der Waals surface area contributed by atoms with Crippen molar-refractivity contribution in [2.24, 2.45) is 23.7 Å². The molecule has 2 saturated carbocycles. The normalized spacial score (nSPS) is 55.0. The second-order valence-electron chi connectivity index (χ2n) is 3.74. The zero-order valence-corrected chi connectivity index (χ0v) is 5.79. The quantitative estimate of drug-likeness (QED) is 0.458. The van der Waals surface area contributed by atoms with Crippen LogP contribution in [0.1, 0.15) is 12.8 Å². The molecule has 3 rings (SSSR count). The maximum atomic E-state index is 11.4. The third-order valence-corrected chi connectivity index (χ3v) is 3.49. The van der Waals surface area contributed by atoms with Crippen LogP contribution in [0.3, 0.4) is 0 Å². The first-order valence-corrected chi connectivity index (χ1v) is 4.10.